The van der Waals surface area contributed by atoms with Gasteiger partial charge in [0.2, 0.25) is 0 Å². The number of anilines is 1. The number of piperidine rings is 1. The van der Waals surface area contributed by atoms with Crippen LogP contribution in [0.4, 0.5) is 5.82 Å². The smallest absolute Gasteiger partial charge is 0.308 e. The Balaban J connectivity index is 1.57. The molecule has 5 rings (SSSR count). The van der Waals surface area contributed by atoms with Crippen LogP contribution >= 0.6 is 0 Å². The van der Waals surface area contributed by atoms with Crippen molar-refractivity contribution in [2.24, 2.45) is 5.41 Å². The van der Waals surface area contributed by atoms with Crippen LogP contribution in [0.3, 0.4) is 0 Å². The van der Waals surface area contributed by atoms with Crippen molar-refractivity contribution in [3.63, 3.8) is 0 Å². The molecule has 0 atom stereocenters. The first-order valence-corrected chi connectivity index (χ1v) is 12.0. The molecular formula is C28H30N4O3. The summed E-state index contributed by atoms with van der Waals surface area (Å²) >= 11 is 0. The number of nitrogens with zero attached hydrogens (tertiary/aromatic N) is 4. The minimum Gasteiger partial charge on any atom is -0.481 e. The fourth-order valence-electron chi connectivity index (χ4n) is 4.63. The maximum atomic E-state index is 11.7. The second-order valence-electron chi connectivity index (χ2n) is 9.96. The lowest BCUT2D eigenvalue weighted by Gasteiger charge is -2.38. The number of carboxylic acid groups (broad SMARTS) is 1. The number of ether oxygens (including phenoxy) is 1. The number of fused-ring (bicyclic) bond motifs is 1. The van der Waals surface area contributed by atoms with Gasteiger partial charge in [0.1, 0.15) is 17.3 Å². The predicted octanol–water partition coefficient (Wildman–Crippen LogP) is 5.75. The Bertz CT molecular complexity index is 1370. The molecule has 4 aromatic rings. The highest BCUT2D eigenvalue weighted by atomic mass is 16.5. The fraction of sp³-hybridized carbons (Fsp3) is 0.321. The molecule has 7 nitrogen and oxygen atoms in total. The Morgan fingerprint density at radius 3 is 2.46 bits per heavy atom. The first-order valence-electron chi connectivity index (χ1n) is 12.0. The maximum absolute atomic E-state index is 11.7. The van der Waals surface area contributed by atoms with Crippen molar-refractivity contribution in [1.29, 1.82) is 0 Å². The lowest BCUT2D eigenvalue weighted by molar-refractivity contribution is -0.136. The van der Waals surface area contributed by atoms with E-state index < -0.39 is 5.97 Å². The number of para-hydroxylation sites is 1. The van der Waals surface area contributed by atoms with Crippen molar-refractivity contribution in [2.75, 3.05) is 18.0 Å². The summed E-state index contributed by atoms with van der Waals surface area (Å²) in [6.45, 7) is 8.16. The van der Waals surface area contributed by atoms with Crippen LogP contribution < -0.4 is 9.64 Å². The third-order valence-electron chi connectivity index (χ3n) is 6.73. The van der Waals surface area contributed by atoms with Crippen LogP contribution in [0, 0.1) is 12.3 Å². The topological polar surface area (TPSA) is 80.0 Å². The van der Waals surface area contributed by atoms with Gasteiger partial charge in [-0.3, -0.25) is 4.79 Å². The molecule has 1 saturated heterocycles. The average Bonchev–Trinajstić information content (AvgIpc) is 3.24. The van der Waals surface area contributed by atoms with Crippen molar-refractivity contribution < 1.29 is 14.6 Å². The van der Waals surface area contributed by atoms with Crippen LogP contribution in [0.15, 0.2) is 60.7 Å². The Labute approximate surface area is 205 Å². The summed E-state index contributed by atoms with van der Waals surface area (Å²) in [5.74, 6) is 1.46. The molecule has 0 unspecified atom stereocenters. The maximum Gasteiger partial charge on any atom is 0.308 e. The van der Waals surface area contributed by atoms with E-state index in [-0.39, 0.29) is 11.8 Å². The zero-order valence-electron chi connectivity index (χ0n) is 20.4. The first-order chi connectivity index (χ1) is 16.8. The first kappa shape index (κ1) is 22.9. The van der Waals surface area contributed by atoms with E-state index >= 15 is 0 Å². The van der Waals surface area contributed by atoms with E-state index in [0.717, 1.165) is 65.8 Å². The SMILES string of the molecule is Cc1nc2cc(-c3cccc(Oc4ccccc4)c3)nn2c(N2CCC(C)(C)CC2)c1CC(=O)O. The van der Waals surface area contributed by atoms with Crippen molar-refractivity contribution in [2.45, 2.75) is 40.0 Å². The van der Waals surface area contributed by atoms with Gasteiger partial charge >= 0.3 is 5.97 Å². The van der Waals surface area contributed by atoms with Crippen LogP contribution in [-0.2, 0) is 11.2 Å². The monoisotopic (exact) mass is 470 g/mol. The molecule has 3 heterocycles. The van der Waals surface area contributed by atoms with Gasteiger partial charge in [0.05, 0.1) is 12.1 Å². The second-order valence-corrected chi connectivity index (χ2v) is 9.96. The fourth-order valence-corrected chi connectivity index (χ4v) is 4.63. The number of rotatable bonds is 6. The minimum absolute atomic E-state index is 0.0837. The molecule has 0 amide bonds. The Morgan fingerprint density at radius 1 is 1.03 bits per heavy atom. The van der Waals surface area contributed by atoms with Gasteiger partial charge in [-0.15, -0.1) is 0 Å². The largest absolute Gasteiger partial charge is 0.481 e. The van der Waals surface area contributed by atoms with Crippen molar-refractivity contribution >= 4 is 17.4 Å². The Hall–Kier alpha value is -3.87. The summed E-state index contributed by atoms with van der Waals surface area (Å²) in [6, 6.07) is 19.4. The standard InChI is InChI=1S/C28H30N4O3/c1-19-23(17-26(33)34)27(31-14-12-28(2,3)13-15-31)32-25(29-19)18-24(30-32)20-8-7-11-22(16-20)35-21-9-5-4-6-10-21/h4-11,16,18H,12-15,17H2,1-3H3,(H,33,34). The predicted molar refractivity (Wildman–Crippen MR) is 136 cm³/mol. The molecule has 0 bridgehead atoms. The van der Waals surface area contributed by atoms with Gasteiger partial charge in [0.25, 0.3) is 0 Å². The molecule has 180 valence electrons. The van der Waals surface area contributed by atoms with Gasteiger partial charge in [-0.2, -0.15) is 9.61 Å². The molecule has 1 N–H and O–H groups in total. The van der Waals surface area contributed by atoms with Crippen molar-refractivity contribution in [3.05, 3.63) is 71.9 Å². The number of aliphatic carboxylic acids is 1. The minimum atomic E-state index is -0.869. The third kappa shape index (κ3) is 4.85. The Kier molecular flexibility index (Phi) is 5.93. The van der Waals surface area contributed by atoms with Crippen LogP contribution in [-0.4, -0.2) is 38.8 Å². The molecular weight excluding hydrogens is 440 g/mol. The summed E-state index contributed by atoms with van der Waals surface area (Å²) in [7, 11) is 0. The summed E-state index contributed by atoms with van der Waals surface area (Å²) < 4.78 is 7.83. The number of benzene rings is 2. The van der Waals surface area contributed by atoms with E-state index in [1.165, 1.54) is 0 Å². The van der Waals surface area contributed by atoms with Gasteiger partial charge in [-0.25, -0.2) is 4.98 Å². The lowest BCUT2D eigenvalue weighted by atomic mass is 9.82. The lowest BCUT2D eigenvalue weighted by Crippen LogP contribution is -2.39. The van der Waals surface area contributed by atoms with Gasteiger partial charge in [0.15, 0.2) is 5.65 Å². The number of aromatic nitrogens is 3. The molecule has 2 aromatic carbocycles. The summed E-state index contributed by atoms with van der Waals surface area (Å²) in [4.78, 5) is 18.7. The van der Waals surface area contributed by atoms with E-state index in [2.05, 4.69) is 18.7 Å². The number of hydrogen-bond donors (Lipinski definition) is 1. The van der Waals surface area contributed by atoms with E-state index in [0.29, 0.717) is 5.65 Å². The van der Waals surface area contributed by atoms with Gasteiger partial charge in [0, 0.05) is 36.0 Å². The van der Waals surface area contributed by atoms with Gasteiger partial charge < -0.3 is 14.7 Å². The van der Waals surface area contributed by atoms with Gasteiger partial charge in [-0.05, 0) is 49.4 Å². The zero-order valence-corrected chi connectivity index (χ0v) is 20.4. The van der Waals surface area contributed by atoms with E-state index in [4.69, 9.17) is 14.8 Å². The number of aryl methyl sites for hydroxylation is 1. The van der Waals surface area contributed by atoms with Crippen LogP contribution in [0.25, 0.3) is 16.9 Å². The van der Waals surface area contributed by atoms with Crippen LogP contribution in [0.1, 0.15) is 37.9 Å². The molecule has 1 fully saturated rings. The highest BCUT2D eigenvalue weighted by Crippen LogP contribution is 2.35. The van der Waals surface area contributed by atoms with Crippen LogP contribution in [0.5, 0.6) is 11.5 Å². The number of hydrogen-bond acceptors (Lipinski definition) is 5. The third-order valence-corrected chi connectivity index (χ3v) is 6.73. The van der Waals surface area contributed by atoms with Crippen LogP contribution in [0.2, 0.25) is 0 Å². The Morgan fingerprint density at radius 2 is 1.74 bits per heavy atom. The molecule has 0 aliphatic carbocycles. The molecule has 0 saturated carbocycles. The molecule has 7 heteroatoms. The molecule has 1 aliphatic heterocycles. The average molecular weight is 471 g/mol. The molecule has 0 spiro atoms. The summed E-state index contributed by atoms with van der Waals surface area (Å²) in [5, 5.41) is 14.5. The normalized spacial score (nSPS) is 15.3. The summed E-state index contributed by atoms with van der Waals surface area (Å²) in [6.07, 6.45) is 1.99. The molecule has 35 heavy (non-hydrogen) atoms. The van der Waals surface area contributed by atoms with Crippen molar-refractivity contribution in [3.8, 4) is 22.8 Å². The number of carbonyl (C=O) groups is 1. The van der Waals surface area contributed by atoms with E-state index in [1.807, 2.05) is 72.1 Å². The summed E-state index contributed by atoms with van der Waals surface area (Å²) in [5.41, 5.74) is 4.11. The van der Waals surface area contributed by atoms with Gasteiger partial charge in [-0.1, -0.05) is 44.2 Å². The van der Waals surface area contributed by atoms with E-state index in [9.17, 15) is 9.90 Å². The van der Waals surface area contributed by atoms with E-state index in [1.54, 1.807) is 0 Å². The second kappa shape index (κ2) is 9.06. The number of carboxylic acids is 1. The molecule has 0 radical (unpaired) electrons. The highest BCUT2D eigenvalue weighted by Gasteiger charge is 2.29. The zero-order chi connectivity index (χ0) is 24.6. The molecule has 1 aliphatic rings. The highest BCUT2D eigenvalue weighted by molar-refractivity contribution is 5.75. The van der Waals surface area contributed by atoms with Crippen molar-refractivity contribution in [1.82, 2.24) is 14.6 Å². The quantitative estimate of drug-likeness (QED) is 0.386. The molecule has 2 aromatic heterocycles.